The minimum absolute atomic E-state index is 0.211. The Labute approximate surface area is 134 Å². The number of aliphatic hydroxyl groups is 1. The van der Waals surface area contributed by atoms with Gasteiger partial charge in [-0.3, -0.25) is 4.79 Å². The molecule has 23 heavy (non-hydrogen) atoms. The number of aromatic amines is 1. The Morgan fingerprint density at radius 3 is 2.91 bits per heavy atom. The second-order valence-electron chi connectivity index (χ2n) is 5.78. The van der Waals surface area contributed by atoms with Crippen molar-refractivity contribution in [2.45, 2.75) is 26.9 Å². The lowest BCUT2D eigenvalue weighted by Crippen LogP contribution is -2.28. The van der Waals surface area contributed by atoms with Gasteiger partial charge < -0.3 is 20.1 Å². The Morgan fingerprint density at radius 2 is 2.22 bits per heavy atom. The topological polar surface area (TPSA) is 100 Å². The molecule has 7 heteroatoms. The van der Waals surface area contributed by atoms with Crippen molar-refractivity contribution in [1.82, 2.24) is 20.3 Å². The van der Waals surface area contributed by atoms with E-state index in [1.807, 2.05) is 0 Å². The first-order valence-corrected chi connectivity index (χ1v) is 7.56. The number of H-pyrrole nitrogens is 1. The Balaban J connectivity index is 2.18. The number of hydrogen-bond acceptors (Lipinski definition) is 5. The molecule has 1 unspecified atom stereocenters. The Bertz CT molecular complexity index is 692. The Kier molecular flexibility index (Phi) is 5.70. The van der Waals surface area contributed by atoms with Crippen LogP contribution in [0.1, 0.15) is 26.3 Å². The minimum atomic E-state index is -0.579. The molecule has 0 spiro atoms. The standard InChI is InChI=1S/C16H22N4O3/c1-10(2)8-23-16-14-12(7-18-15(14)19-9-20-16)4-5-13(22)17-6-11(3)21/h4-5,7,9-11,21H,6,8H2,1-3H3,(H,17,22)(H,18,19,20)/b5-4+. The summed E-state index contributed by atoms with van der Waals surface area (Å²) >= 11 is 0. The Morgan fingerprint density at radius 1 is 1.43 bits per heavy atom. The molecule has 2 aromatic rings. The Hall–Kier alpha value is -2.41. The van der Waals surface area contributed by atoms with Crippen LogP contribution >= 0.6 is 0 Å². The minimum Gasteiger partial charge on any atom is -0.477 e. The fourth-order valence-corrected chi connectivity index (χ4v) is 1.92. The summed E-state index contributed by atoms with van der Waals surface area (Å²) in [7, 11) is 0. The largest absolute Gasteiger partial charge is 0.477 e. The number of amides is 1. The number of rotatable bonds is 7. The number of hydrogen-bond donors (Lipinski definition) is 3. The summed E-state index contributed by atoms with van der Waals surface area (Å²) in [6.07, 6.45) is 5.69. The van der Waals surface area contributed by atoms with Gasteiger partial charge in [0, 0.05) is 24.4 Å². The van der Waals surface area contributed by atoms with Crippen LogP contribution in [0.4, 0.5) is 0 Å². The third-order valence-corrected chi connectivity index (χ3v) is 3.00. The highest BCUT2D eigenvalue weighted by molar-refractivity contribution is 5.96. The number of ether oxygens (including phenoxy) is 1. The highest BCUT2D eigenvalue weighted by Gasteiger charge is 2.11. The van der Waals surface area contributed by atoms with Crippen LogP contribution in [-0.4, -0.2) is 45.2 Å². The van der Waals surface area contributed by atoms with E-state index in [1.54, 1.807) is 19.2 Å². The van der Waals surface area contributed by atoms with Crippen LogP contribution in [0.5, 0.6) is 5.88 Å². The zero-order valence-electron chi connectivity index (χ0n) is 13.5. The lowest BCUT2D eigenvalue weighted by Gasteiger charge is -2.08. The number of aromatic nitrogens is 3. The molecule has 2 heterocycles. The van der Waals surface area contributed by atoms with Crippen LogP contribution in [0, 0.1) is 5.92 Å². The lowest BCUT2D eigenvalue weighted by molar-refractivity contribution is -0.116. The zero-order valence-corrected chi connectivity index (χ0v) is 13.5. The second-order valence-corrected chi connectivity index (χ2v) is 5.78. The van der Waals surface area contributed by atoms with Crippen LogP contribution in [0.25, 0.3) is 17.1 Å². The maximum atomic E-state index is 11.7. The van der Waals surface area contributed by atoms with E-state index in [0.717, 1.165) is 10.9 Å². The van der Waals surface area contributed by atoms with Gasteiger partial charge in [-0.05, 0) is 18.9 Å². The number of carbonyl (C=O) groups excluding carboxylic acids is 1. The van der Waals surface area contributed by atoms with E-state index in [2.05, 4.69) is 34.1 Å². The van der Waals surface area contributed by atoms with Gasteiger partial charge in [-0.2, -0.15) is 0 Å². The first-order chi connectivity index (χ1) is 11.0. The molecule has 0 bridgehead atoms. The van der Waals surface area contributed by atoms with E-state index in [4.69, 9.17) is 9.84 Å². The third kappa shape index (κ3) is 4.79. The number of carbonyl (C=O) groups is 1. The van der Waals surface area contributed by atoms with Crippen molar-refractivity contribution in [2.24, 2.45) is 5.92 Å². The van der Waals surface area contributed by atoms with Crippen molar-refractivity contribution >= 4 is 23.0 Å². The van der Waals surface area contributed by atoms with Gasteiger partial charge in [0.15, 0.2) is 0 Å². The molecule has 1 amide bonds. The number of aliphatic hydroxyl groups excluding tert-OH is 1. The van der Waals surface area contributed by atoms with E-state index in [-0.39, 0.29) is 12.5 Å². The third-order valence-electron chi connectivity index (χ3n) is 3.00. The molecule has 0 saturated heterocycles. The summed E-state index contributed by atoms with van der Waals surface area (Å²) < 4.78 is 5.73. The number of fused-ring (bicyclic) bond motifs is 1. The van der Waals surface area contributed by atoms with Gasteiger partial charge in [-0.15, -0.1) is 0 Å². The molecule has 0 aliphatic rings. The maximum Gasteiger partial charge on any atom is 0.244 e. The molecule has 2 aromatic heterocycles. The molecule has 0 saturated carbocycles. The van der Waals surface area contributed by atoms with Crippen LogP contribution < -0.4 is 10.1 Å². The van der Waals surface area contributed by atoms with Gasteiger partial charge in [0.2, 0.25) is 11.8 Å². The summed E-state index contributed by atoms with van der Waals surface area (Å²) in [6.45, 7) is 6.49. The maximum absolute atomic E-state index is 11.7. The molecule has 124 valence electrons. The fraction of sp³-hybridized carbons (Fsp3) is 0.438. The first kappa shape index (κ1) is 17.0. The number of nitrogens with one attached hydrogen (secondary N) is 2. The van der Waals surface area contributed by atoms with Gasteiger partial charge in [0.25, 0.3) is 0 Å². The summed E-state index contributed by atoms with van der Waals surface area (Å²) in [5, 5.41) is 12.5. The average molecular weight is 318 g/mol. The zero-order chi connectivity index (χ0) is 16.8. The molecule has 7 nitrogen and oxygen atoms in total. The number of nitrogens with zero attached hydrogens (tertiary/aromatic N) is 2. The van der Waals surface area contributed by atoms with E-state index >= 15 is 0 Å². The SMILES string of the molecule is CC(C)COc1ncnc2[nH]cc(/C=C/C(=O)NCC(C)O)c12. The van der Waals surface area contributed by atoms with Crippen LogP contribution in [-0.2, 0) is 4.79 Å². The monoisotopic (exact) mass is 318 g/mol. The van der Waals surface area contributed by atoms with E-state index < -0.39 is 6.10 Å². The van der Waals surface area contributed by atoms with E-state index in [9.17, 15) is 4.79 Å². The van der Waals surface area contributed by atoms with Crippen LogP contribution in [0.15, 0.2) is 18.6 Å². The molecule has 0 radical (unpaired) electrons. The van der Waals surface area contributed by atoms with Crippen molar-refractivity contribution in [2.75, 3.05) is 13.2 Å². The van der Waals surface area contributed by atoms with Crippen molar-refractivity contribution in [3.63, 3.8) is 0 Å². The fourth-order valence-electron chi connectivity index (χ4n) is 1.92. The summed E-state index contributed by atoms with van der Waals surface area (Å²) in [6, 6.07) is 0. The summed E-state index contributed by atoms with van der Waals surface area (Å²) in [5.41, 5.74) is 1.43. The van der Waals surface area contributed by atoms with Gasteiger partial charge in [0.05, 0.1) is 18.1 Å². The summed E-state index contributed by atoms with van der Waals surface area (Å²) in [5.74, 6) is 0.597. The van der Waals surface area contributed by atoms with Crippen molar-refractivity contribution < 1.29 is 14.6 Å². The van der Waals surface area contributed by atoms with E-state index in [1.165, 1.54) is 12.4 Å². The molecule has 3 N–H and O–H groups in total. The molecular weight excluding hydrogens is 296 g/mol. The highest BCUT2D eigenvalue weighted by atomic mass is 16.5. The van der Waals surface area contributed by atoms with Gasteiger partial charge in [-0.1, -0.05) is 13.8 Å². The molecule has 1 atom stereocenters. The average Bonchev–Trinajstić information content (AvgIpc) is 2.92. The smallest absolute Gasteiger partial charge is 0.244 e. The van der Waals surface area contributed by atoms with Gasteiger partial charge in [0.1, 0.15) is 12.0 Å². The highest BCUT2D eigenvalue weighted by Crippen LogP contribution is 2.26. The molecule has 0 aliphatic heterocycles. The van der Waals surface area contributed by atoms with Crippen LogP contribution in [0.2, 0.25) is 0 Å². The van der Waals surface area contributed by atoms with Gasteiger partial charge >= 0.3 is 0 Å². The van der Waals surface area contributed by atoms with E-state index in [0.29, 0.717) is 24.1 Å². The van der Waals surface area contributed by atoms with Gasteiger partial charge in [-0.25, -0.2) is 9.97 Å². The first-order valence-electron chi connectivity index (χ1n) is 7.56. The van der Waals surface area contributed by atoms with Crippen LogP contribution in [0.3, 0.4) is 0 Å². The predicted molar refractivity (Wildman–Crippen MR) is 87.9 cm³/mol. The van der Waals surface area contributed by atoms with Crippen molar-refractivity contribution in [1.29, 1.82) is 0 Å². The molecule has 0 aliphatic carbocycles. The van der Waals surface area contributed by atoms with Crippen molar-refractivity contribution in [3.05, 3.63) is 24.2 Å². The molecule has 0 aromatic carbocycles. The quantitative estimate of drug-likeness (QED) is 0.672. The molecule has 2 rings (SSSR count). The summed E-state index contributed by atoms with van der Waals surface area (Å²) in [4.78, 5) is 23.1. The second kappa shape index (κ2) is 7.73. The molecular formula is C16H22N4O3. The predicted octanol–water partition coefficient (Wildman–Crippen LogP) is 1.50. The van der Waals surface area contributed by atoms with Crippen molar-refractivity contribution in [3.8, 4) is 5.88 Å². The normalized spacial score (nSPS) is 12.9. The lowest BCUT2D eigenvalue weighted by atomic mass is 10.2. The molecule has 0 fully saturated rings.